The maximum Gasteiger partial charge on any atom is 0.306 e. The van der Waals surface area contributed by atoms with Crippen LogP contribution in [0.3, 0.4) is 0 Å². The summed E-state index contributed by atoms with van der Waals surface area (Å²) < 4.78 is 6.08. The maximum absolute atomic E-state index is 12.0. The zero-order valence-corrected chi connectivity index (χ0v) is 17.3. The van der Waals surface area contributed by atoms with E-state index >= 15 is 0 Å². The number of hydrogen-bond donors (Lipinski definition) is 2. The summed E-state index contributed by atoms with van der Waals surface area (Å²) >= 11 is 2.19. The van der Waals surface area contributed by atoms with Crippen molar-refractivity contribution < 1.29 is 14.3 Å². The van der Waals surface area contributed by atoms with Gasteiger partial charge < -0.3 is 15.0 Å². The number of H-pyrrole nitrogens is 1. The van der Waals surface area contributed by atoms with E-state index in [1.165, 1.54) is 0 Å². The first kappa shape index (κ1) is 20.0. The van der Waals surface area contributed by atoms with Crippen LogP contribution in [-0.4, -0.2) is 28.5 Å². The van der Waals surface area contributed by atoms with E-state index in [2.05, 4.69) is 37.9 Å². The number of carbonyl (C=O) groups excluding carboxylic acids is 2. The molecule has 1 heterocycles. The molecule has 2 N–H and O–H groups in total. The third-order valence-corrected chi connectivity index (χ3v) is 4.73. The molecule has 1 aromatic heterocycles. The number of fused-ring (bicyclic) bond motifs is 1. The fraction of sp³-hybridized carbons (Fsp3) is 0.200. The van der Waals surface area contributed by atoms with Crippen LogP contribution in [0.15, 0.2) is 47.3 Å². The number of carbonyl (C=O) groups is 2. The third kappa shape index (κ3) is 5.16. The third-order valence-electron chi connectivity index (χ3n) is 4.05. The average Bonchev–Trinajstić information content (AvgIpc) is 2.67. The number of halogens is 1. The van der Waals surface area contributed by atoms with Crippen LogP contribution in [0.1, 0.15) is 17.8 Å². The van der Waals surface area contributed by atoms with Crippen molar-refractivity contribution in [2.24, 2.45) is 0 Å². The van der Waals surface area contributed by atoms with E-state index in [0.29, 0.717) is 22.4 Å². The second kappa shape index (κ2) is 8.96. The number of esters is 1. The van der Waals surface area contributed by atoms with Gasteiger partial charge in [0.25, 0.3) is 11.5 Å². The molecule has 0 radical (unpaired) electrons. The van der Waals surface area contributed by atoms with Crippen molar-refractivity contribution in [3.8, 4) is 0 Å². The molecule has 28 heavy (non-hydrogen) atoms. The minimum Gasteiger partial charge on any atom is -0.456 e. The van der Waals surface area contributed by atoms with Gasteiger partial charge in [0.05, 0.1) is 17.3 Å². The number of aromatic nitrogens is 2. The molecule has 0 saturated heterocycles. The number of benzene rings is 2. The van der Waals surface area contributed by atoms with Crippen LogP contribution in [0.2, 0.25) is 0 Å². The molecule has 8 heteroatoms. The van der Waals surface area contributed by atoms with Gasteiger partial charge in [-0.1, -0.05) is 12.1 Å². The normalized spacial score (nSPS) is 10.6. The van der Waals surface area contributed by atoms with Gasteiger partial charge in [0.15, 0.2) is 6.61 Å². The average molecular weight is 491 g/mol. The summed E-state index contributed by atoms with van der Waals surface area (Å²) in [5, 5.41) is 3.21. The van der Waals surface area contributed by atoms with Crippen LogP contribution >= 0.6 is 22.6 Å². The summed E-state index contributed by atoms with van der Waals surface area (Å²) in [5.74, 6) is -0.542. The van der Waals surface area contributed by atoms with Crippen molar-refractivity contribution in [2.75, 3.05) is 11.9 Å². The summed E-state index contributed by atoms with van der Waals surface area (Å²) in [5.41, 5.74) is 1.93. The maximum atomic E-state index is 12.0. The predicted molar refractivity (Wildman–Crippen MR) is 114 cm³/mol. The highest BCUT2D eigenvalue weighted by atomic mass is 127. The van der Waals surface area contributed by atoms with E-state index in [1.807, 2.05) is 19.1 Å². The van der Waals surface area contributed by atoms with Gasteiger partial charge in [0.1, 0.15) is 5.82 Å². The molecule has 2 aromatic carbocycles. The Labute approximate surface area is 174 Å². The van der Waals surface area contributed by atoms with Gasteiger partial charge >= 0.3 is 5.97 Å². The van der Waals surface area contributed by atoms with Crippen molar-refractivity contribution in [2.45, 2.75) is 19.8 Å². The van der Waals surface area contributed by atoms with Gasteiger partial charge in [-0.2, -0.15) is 0 Å². The van der Waals surface area contributed by atoms with Crippen molar-refractivity contribution >= 4 is 51.1 Å². The first-order chi connectivity index (χ1) is 13.4. The lowest BCUT2D eigenvalue weighted by atomic mass is 10.2. The molecular weight excluding hydrogens is 473 g/mol. The summed E-state index contributed by atoms with van der Waals surface area (Å²) in [6.45, 7) is 1.52. The zero-order chi connectivity index (χ0) is 20.1. The molecule has 3 rings (SSSR count). The van der Waals surface area contributed by atoms with Crippen LogP contribution in [0.4, 0.5) is 5.69 Å². The Balaban J connectivity index is 1.50. The van der Waals surface area contributed by atoms with E-state index < -0.39 is 11.9 Å². The number of nitrogens with zero attached hydrogens (tertiary/aromatic N) is 1. The van der Waals surface area contributed by atoms with Crippen LogP contribution in [0.5, 0.6) is 0 Å². The minimum absolute atomic E-state index is 0.0110. The lowest BCUT2D eigenvalue weighted by molar-refractivity contribution is -0.147. The predicted octanol–water partition coefficient (Wildman–Crippen LogP) is 2.95. The number of para-hydroxylation sites is 1. The largest absolute Gasteiger partial charge is 0.456 e. The van der Waals surface area contributed by atoms with Gasteiger partial charge in [-0.25, -0.2) is 4.98 Å². The van der Waals surface area contributed by atoms with E-state index in [-0.39, 0.29) is 25.0 Å². The summed E-state index contributed by atoms with van der Waals surface area (Å²) in [6, 6.07) is 12.6. The van der Waals surface area contributed by atoms with Gasteiger partial charge in [-0.15, -0.1) is 0 Å². The van der Waals surface area contributed by atoms with Crippen LogP contribution in [-0.2, 0) is 20.7 Å². The Bertz CT molecular complexity index is 1090. The van der Waals surface area contributed by atoms with E-state index in [9.17, 15) is 14.4 Å². The number of nitrogens with one attached hydrogen (secondary N) is 2. The van der Waals surface area contributed by atoms with E-state index in [4.69, 9.17) is 4.74 Å². The molecule has 0 aliphatic carbocycles. The first-order valence-electron chi connectivity index (χ1n) is 8.62. The molecule has 0 unspecified atom stereocenters. The zero-order valence-electron chi connectivity index (χ0n) is 15.1. The lowest BCUT2D eigenvalue weighted by Crippen LogP contribution is -2.21. The summed E-state index contributed by atoms with van der Waals surface area (Å²) in [7, 11) is 0. The molecule has 0 fully saturated rings. The molecule has 0 spiro atoms. The van der Waals surface area contributed by atoms with E-state index in [1.54, 1.807) is 30.3 Å². The molecule has 0 atom stereocenters. The van der Waals surface area contributed by atoms with Crippen molar-refractivity contribution in [3.05, 3.63) is 67.8 Å². The molecule has 7 nitrogen and oxygen atoms in total. The SMILES string of the molecule is Cc1cc(I)ccc1NC(=O)COC(=O)CCc1nc2ccccc2c(=O)[nH]1. The minimum atomic E-state index is -0.537. The van der Waals surface area contributed by atoms with Crippen molar-refractivity contribution in [1.82, 2.24) is 9.97 Å². The monoisotopic (exact) mass is 491 g/mol. The Morgan fingerprint density at radius 3 is 2.79 bits per heavy atom. The van der Waals surface area contributed by atoms with E-state index in [0.717, 1.165) is 9.13 Å². The quantitative estimate of drug-likeness (QED) is 0.408. The lowest BCUT2D eigenvalue weighted by Gasteiger charge is -2.09. The molecule has 0 bridgehead atoms. The van der Waals surface area contributed by atoms with Crippen LogP contribution < -0.4 is 10.9 Å². The molecule has 0 aliphatic rings. The highest BCUT2D eigenvalue weighted by molar-refractivity contribution is 14.1. The summed E-state index contributed by atoms with van der Waals surface area (Å²) in [6.07, 6.45) is 0.230. The Morgan fingerprint density at radius 2 is 2.00 bits per heavy atom. The Morgan fingerprint density at radius 1 is 1.21 bits per heavy atom. The Hall–Kier alpha value is -2.75. The number of rotatable bonds is 6. The molecule has 1 amide bonds. The first-order valence-corrected chi connectivity index (χ1v) is 9.70. The second-order valence-corrected chi connectivity index (χ2v) is 7.44. The van der Waals surface area contributed by atoms with Gasteiger partial charge in [-0.05, 0) is 65.4 Å². The molecule has 144 valence electrons. The smallest absolute Gasteiger partial charge is 0.306 e. The number of ether oxygens (including phenoxy) is 1. The number of anilines is 1. The van der Waals surface area contributed by atoms with Crippen molar-refractivity contribution in [3.63, 3.8) is 0 Å². The topological polar surface area (TPSA) is 101 Å². The fourth-order valence-electron chi connectivity index (χ4n) is 2.65. The van der Waals surface area contributed by atoms with Crippen LogP contribution in [0.25, 0.3) is 10.9 Å². The van der Waals surface area contributed by atoms with Gasteiger partial charge in [0.2, 0.25) is 0 Å². The fourth-order valence-corrected chi connectivity index (χ4v) is 3.29. The summed E-state index contributed by atoms with van der Waals surface area (Å²) in [4.78, 5) is 42.9. The molecule has 0 aliphatic heterocycles. The second-order valence-electron chi connectivity index (χ2n) is 6.20. The standard InChI is InChI=1S/C20H18IN3O4/c1-12-10-13(21)6-7-15(12)23-18(25)11-28-19(26)9-8-17-22-16-5-3-2-4-14(16)20(27)24-17/h2-7,10H,8-9,11H2,1H3,(H,23,25)(H,22,24,27). The molecule has 3 aromatic rings. The molecular formula is C20H18IN3O4. The Kier molecular flexibility index (Phi) is 6.40. The number of hydrogen-bond acceptors (Lipinski definition) is 5. The number of amides is 1. The molecule has 0 saturated carbocycles. The van der Waals surface area contributed by atoms with Crippen molar-refractivity contribution in [1.29, 1.82) is 0 Å². The van der Waals surface area contributed by atoms with Gasteiger partial charge in [0, 0.05) is 15.7 Å². The highest BCUT2D eigenvalue weighted by Crippen LogP contribution is 2.17. The number of aryl methyl sites for hydroxylation is 2. The number of aromatic amines is 1. The van der Waals surface area contributed by atoms with Crippen LogP contribution in [0, 0.1) is 10.5 Å². The van der Waals surface area contributed by atoms with Gasteiger partial charge in [-0.3, -0.25) is 14.4 Å². The highest BCUT2D eigenvalue weighted by Gasteiger charge is 2.11.